The number of anilines is 1. The Bertz CT molecular complexity index is 707. The summed E-state index contributed by atoms with van der Waals surface area (Å²) in [6, 6.07) is 4.21. The van der Waals surface area contributed by atoms with Crippen LogP contribution in [0.1, 0.15) is 13.8 Å². The van der Waals surface area contributed by atoms with Crippen molar-refractivity contribution in [2.75, 3.05) is 5.32 Å². The van der Waals surface area contributed by atoms with E-state index < -0.39 is 7.01 Å². The molecule has 0 aromatic heterocycles. The SMILES string of the molecule is C\C=C/C=C\C(=C/C)Nc1ccc(S(=O)(=O)I)cc1N=O. The van der Waals surface area contributed by atoms with Gasteiger partial charge in [0.05, 0.1) is 31.8 Å². The monoisotopic (exact) mass is 418 g/mol. The Morgan fingerprint density at radius 1 is 1.29 bits per heavy atom. The molecule has 1 aromatic rings. The van der Waals surface area contributed by atoms with E-state index in [1.807, 2.05) is 44.2 Å². The van der Waals surface area contributed by atoms with Crippen LogP contribution in [0.3, 0.4) is 0 Å². The second-order valence-corrected chi connectivity index (χ2v) is 8.79. The lowest BCUT2D eigenvalue weighted by Crippen LogP contribution is -1.98. The van der Waals surface area contributed by atoms with Crippen LogP contribution in [0, 0.1) is 4.91 Å². The smallest absolute Gasteiger partial charge is 0.231 e. The van der Waals surface area contributed by atoms with Crippen LogP contribution < -0.4 is 5.32 Å². The Balaban J connectivity index is 3.11. The predicted molar refractivity (Wildman–Crippen MR) is 94.4 cm³/mol. The normalized spacial score (nSPS) is 13.0. The molecule has 0 spiro atoms. The molecular weight excluding hydrogens is 403 g/mol. The van der Waals surface area contributed by atoms with Crippen molar-refractivity contribution in [1.29, 1.82) is 0 Å². The minimum atomic E-state index is -3.40. The van der Waals surface area contributed by atoms with Crippen molar-refractivity contribution < 1.29 is 8.42 Å². The van der Waals surface area contributed by atoms with E-state index in [1.54, 1.807) is 0 Å². The van der Waals surface area contributed by atoms with Gasteiger partial charge in [-0.15, -0.1) is 4.91 Å². The molecule has 112 valence electrons. The average Bonchev–Trinajstić information content (AvgIpc) is 2.45. The maximum absolute atomic E-state index is 11.5. The molecule has 0 aliphatic carbocycles. The van der Waals surface area contributed by atoms with E-state index in [0.29, 0.717) is 5.69 Å². The molecule has 1 N–H and O–H groups in total. The Morgan fingerprint density at radius 3 is 2.52 bits per heavy atom. The maximum Gasteiger partial charge on any atom is 0.231 e. The third kappa shape index (κ3) is 5.43. The molecule has 0 unspecified atom stereocenters. The summed E-state index contributed by atoms with van der Waals surface area (Å²) in [5.74, 6) is 0. The first-order chi connectivity index (χ1) is 9.92. The van der Waals surface area contributed by atoms with E-state index in [2.05, 4.69) is 10.5 Å². The Hall–Kier alpha value is -1.48. The van der Waals surface area contributed by atoms with Crippen LogP contribution in [0.5, 0.6) is 0 Å². The highest BCUT2D eigenvalue weighted by Crippen LogP contribution is 2.31. The van der Waals surface area contributed by atoms with Crippen LogP contribution in [0.15, 0.2) is 64.3 Å². The van der Waals surface area contributed by atoms with Gasteiger partial charge in [0.25, 0.3) is 0 Å². The molecule has 1 rings (SSSR count). The number of hydrogen-bond donors (Lipinski definition) is 1. The van der Waals surface area contributed by atoms with E-state index >= 15 is 0 Å². The summed E-state index contributed by atoms with van der Waals surface area (Å²) in [5.41, 5.74) is 1.27. The largest absolute Gasteiger partial charge is 0.354 e. The third-order valence-electron chi connectivity index (χ3n) is 2.52. The fourth-order valence-corrected chi connectivity index (χ4v) is 2.79. The summed E-state index contributed by atoms with van der Waals surface area (Å²) >= 11 is 1.32. The van der Waals surface area contributed by atoms with Crippen LogP contribution in [0.4, 0.5) is 11.4 Å². The van der Waals surface area contributed by atoms with Gasteiger partial charge < -0.3 is 5.32 Å². The predicted octanol–water partition coefficient (Wildman–Crippen LogP) is 4.66. The van der Waals surface area contributed by atoms with E-state index in [1.165, 1.54) is 39.4 Å². The van der Waals surface area contributed by atoms with Gasteiger partial charge in [0, 0.05) is 5.70 Å². The molecule has 1 aromatic carbocycles. The second-order valence-electron chi connectivity index (χ2n) is 3.96. The maximum atomic E-state index is 11.5. The molecule has 0 aliphatic heterocycles. The van der Waals surface area contributed by atoms with Crippen LogP contribution in [-0.2, 0) is 7.01 Å². The zero-order valence-electron chi connectivity index (χ0n) is 11.6. The van der Waals surface area contributed by atoms with Crippen molar-refractivity contribution in [2.45, 2.75) is 18.7 Å². The number of benzene rings is 1. The number of nitrogens with one attached hydrogen (secondary N) is 1. The Morgan fingerprint density at radius 2 is 2.00 bits per heavy atom. The van der Waals surface area contributed by atoms with Crippen molar-refractivity contribution >= 4 is 39.6 Å². The molecule has 0 saturated carbocycles. The van der Waals surface area contributed by atoms with E-state index in [-0.39, 0.29) is 10.6 Å². The number of hydrogen-bond acceptors (Lipinski definition) is 5. The lowest BCUT2D eigenvalue weighted by molar-refractivity contribution is 0.612. The zero-order valence-corrected chi connectivity index (χ0v) is 14.6. The quantitative estimate of drug-likeness (QED) is 0.316. The van der Waals surface area contributed by atoms with E-state index in [9.17, 15) is 13.3 Å². The fourth-order valence-electron chi connectivity index (χ4n) is 1.48. The second kappa shape index (κ2) is 8.08. The highest BCUT2D eigenvalue weighted by molar-refractivity contribution is 14.2. The van der Waals surface area contributed by atoms with Gasteiger partial charge in [-0.05, 0) is 43.3 Å². The molecular formula is C14H15IN2O3S. The zero-order chi connectivity index (χ0) is 15.9. The first-order valence-electron chi connectivity index (χ1n) is 6.07. The van der Waals surface area contributed by atoms with Crippen LogP contribution in [0.2, 0.25) is 0 Å². The summed E-state index contributed by atoms with van der Waals surface area (Å²) in [7, 11) is -3.40. The Labute approximate surface area is 136 Å². The first kappa shape index (κ1) is 17.6. The molecule has 0 atom stereocenters. The molecule has 0 heterocycles. The van der Waals surface area contributed by atoms with Gasteiger partial charge in [-0.2, -0.15) is 0 Å². The van der Waals surface area contributed by atoms with Crippen LogP contribution in [0.25, 0.3) is 0 Å². The van der Waals surface area contributed by atoms with Crippen molar-refractivity contribution in [2.24, 2.45) is 5.18 Å². The summed E-state index contributed by atoms with van der Waals surface area (Å²) in [4.78, 5) is 11.0. The van der Waals surface area contributed by atoms with Crippen LogP contribution in [-0.4, -0.2) is 8.42 Å². The molecule has 0 amide bonds. The highest BCUT2D eigenvalue weighted by atomic mass is 127. The average molecular weight is 418 g/mol. The van der Waals surface area contributed by atoms with Gasteiger partial charge in [-0.1, -0.05) is 24.3 Å². The van der Waals surface area contributed by atoms with Crippen molar-refractivity contribution in [3.8, 4) is 0 Å². The number of nitrogens with zero attached hydrogens (tertiary/aromatic N) is 1. The molecule has 0 saturated heterocycles. The van der Waals surface area contributed by atoms with Crippen molar-refractivity contribution in [1.82, 2.24) is 0 Å². The lowest BCUT2D eigenvalue weighted by Gasteiger charge is -2.09. The van der Waals surface area contributed by atoms with E-state index in [4.69, 9.17) is 0 Å². The van der Waals surface area contributed by atoms with Crippen molar-refractivity contribution in [3.63, 3.8) is 0 Å². The molecule has 5 nitrogen and oxygen atoms in total. The van der Waals surface area contributed by atoms with Gasteiger partial charge >= 0.3 is 0 Å². The van der Waals surface area contributed by atoms with Gasteiger partial charge in [0.1, 0.15) is 5.69 Å². The molecule has 0 aliphatic rings. The standard InChI is InChI=1S/C14H15IN2O3S/c1-3-5-6-7-11(4-2)16-13-9-8-12(21(15,19)20)10-14(13)17-18/h3-10,16H,1-2H3/b5-3-,7-6-,11-4+. The topological polar surface area (TPSA) is 75.6 Å². The minimum Gasteiger partial charge on any atom is -0.354 e. The molecule has 21 heavy (non-hydrogen) atoms. The fraction of sp³-hybridized carbons (Fsp3) is 0.143. The first-order valence-corrected chi connectivity index (χ1v) is 10.1. The highest BCUT2D eigenvalue weighted by Gasteiger charge is 2.13. The summed E-state index contributed by atoms with van der Waals surface area (Å²) in [6.45, 7) is 3.75. The number of rotatable bonds is 6. The number of halogens is 1. The third-order valence-corrected chi connectivity index (χ3v) is 4.86. The number of nitroso groups, excluding NO2 is 1. The van der Waals surface area contributed by atoms with Gasteiger partial charge in [-0.25, -0.2) is 8.42 Å². The minimum absolute atomic E-state index is 0.0477. The summed E-state index contributed by atoms with van der Waals surface area (Å²) in [5, 5.41) is 5.92. The summed E-state index contributed by atoms with van der Waals surface area (Å²) < 4.78 is 22.9. The molecule has 0 radical (unpaired) electrons. The van der Waals surface area contributed by atoms with Gasteiger partial charge in [-0.3, -0.25) is 0 Å². The van der Waals surface area contributed by atoms with Crippen LogP contribution >= 0.6 is 21.2 Å². The molecule has 0 bridgehead atoms. The van der Waals surface area contributed by atoms with E-state index in [0.717, 1.165) is 5.70 Å². The molecule has 0 fully saturated rings. The number of allylic oxidation sites excluding steroid dienone is 5. The Kier molecular flexibility index (Phi) is 6.76. The lowest BCUT2D eigenvalue weighted by atomic mass is 10.2. The molecule has 7 heteroatoms. The summed E-state index contributed by atoms with van der Waals surface area (Å²) in [6.07, 6.45) is 9.27. The van der Waals surface area contributed by atoms with Gasteiger partial charge in [0.2, 0.25) is 7.01 Å². The van der Waals surface area contributed by atoms with Gasteiger partial charge in [0.15, 0.2) is 0 Å². The van der Waals surface area contributed by atoms with Crippen molar-refractivity contribution in [3.05, 3.63) is 59.2 Å².